The second-order valence-electron chi connectivity index (χ2n) is 7.70. The van der Waals surface area contributed by atoms with Crippen LogP contribution in [0.25, 0.3) is 0 Å². The minimum absolute atomic E-state index is 0.00426. The SMILES string of the molecule is CCCCN1CCC(NC(=O)c2ccc(Cl)c(S(=O)(=O)Nc3ccc(F)cc3)c2)CC1. The molecule has 6 nitrogen and oxygen atoms in total. The minimum Gasteiger partial charge on any atom is -0.349 e. The molecule has 0 spiro atoms. The maximum Gasteiger partial charge on any atom is 0.263 e. The van der Waals surface area contributed by atoms with Crippen molar-refractivity contribution in [2.75, 3.05) is 24.4 Å². The molecule has 1 heterocycles. The molecule has 168 valence electrons. The molecule has 1 amide bonds. The first-order valence-electron chi connectivity index (χ1n) is 10.4. The first-order chi connectivity index (χ1) is 14.8. The number of hydrogen-bond donors (Lipinski definition) is 2. The van der Waals surface area contributed by atoms with Crippen LogP contribution in [0.15, 0.2) is 47.4 Å². The van der Waals surface area contributed by atoms with Crippen LogP contribution in [0, 0.1) is 5.82 Å². The van der Waals surface area contributed by atoms with Crippen LogP contribution < -0.4 is 10.0 Å². The van der Waals surface area contributed by atoms with Crippen molar-refractivity contribution in [3.8, 4) is 0 Å². The molecule has 1 fully saturated rings. The Balaban J connectivity index is 1.67. The Morgan fingerprint density at radius 3 is 2.48 bits per heavy atom. The fourth-order valence-electron chi connectivity index (χ4n) is 3.53. The third kappa shape index (κ3) is 6.41. The minimum atomic E-state index is -4.05. The zero-order chi connectivity index (χ0) is 22.4. The number of nitrogens with one attached hydrogen (secondary N) is 2. The van der Waals surface area contributed by atoms with E-state index in [1.807, 2.05) is 0 Å². The van der Waals surface area contributed by atoms with E-state index in [-0.39, 0.29) is 33.1 Å². The summed E-state index contributed by atoms with van der Waals surface area (Å²) in [5.41, 5.74) is 0.416. The highest BCUT2D eigenvalue weighted by molar-refractivity contribution is 7.92. The van der Waals surface area contributed by atoms with Gasteiger partial charge in [-0.15, -0.1) is 0 Å². The van der Waals surface area contributed by atoms with Gasteiger partial charge in [0.1, 0.15) is 10.7 Å². The number of carbonyl (C=O) groups is 1. The van der Waals surface area contributed by atoms with Crippen molar-refractivity contribution in [1.29, 1.82) is 0 Å². The van der Waals surface area contributed by atoms with E-state index >= 15 is 0 Å². The van der Waals surface area contributed by atoms with Crippen molar-refractivity contribution < 1.29 is 17.6 Å². The molecule has 0 bridgehead atoms. The maximum atomic E-state index is 13.1. The molecular formula is C22H27ClFN3O3S. The summed E-state index contributed by atoms with van der Waals surface area (Å²) < 4.78 is 41.0. The summed E-state index contributed by atoms with van der Waals surface area (Å²) in [6.45, 7) is 5.12. The third-order valence-corrected chi connectivity index (χ3v) is 7.19. The summed E-state index contributed by atoms with van der Waals surface area (Å²) in [4.78, 5) is 14.9. The molecule has 3 rings (SSSR count). The predicted molar refractivity (Wildman–Crippen MR) is 120 cm³/mol. The number of anilines is 1. The summed E-state index contributed by atoms with van der Waals surface area (Å²) in [6.07, 6.45) is 4.06. The van der Waals surface area contributed by atoms with Gasteiger partial charge in [0.05, 0.1) is 5.02 Å². The number of unbranched alkanes of at least 4 members (excludes halogenated alkanes) is 1. The molecule has 0 saturated carbocycles. The lowest BCUT2D eigenvalue weighted by Crippen LogP contribution is -2.44. The smallest absolute Gasteiger partial charge is 0.263 e. The van der Waals surface area contributed by atoms with Crippen molar-refractivity contribution in [2.45, 2.75) is 43.5 Å². The number of hydrogen-bond acceptors (Lipinski definition) is 4. The lowest BCUT2D eigenvalue weighted by atomic mass is 10.0. The van der Waals surface area contributed by atoms with E-state index in [1.165, 1.54) is 36.8 Å². The molecule has 2 aromatic rings. The Morgan fingerprint density at radius 2 is 1.84 bits per heavy atom. The molecule has 1 aliphatic rings. The van der Waals surface area contributed by atoms with Gasteiger partial charge in [-0.2, -0.15) is 0 Å². The summed E-state index contributed by atoms with van der Waals surface area (Å²) in [7, 11) is -4.05. The van der Waals surface area contributed by atoms with Gasteiger partial charge in [0.25, 0.3) is 15.9 Å². The van der Waals surface area contributed by atoms with Crippen LogP contribution in [0.3, 0.4) is 0 Å². The molecule has 2 aromatic carbocycles. The van der Waals surface area contributed by atoms with Crippen molar-refractivity contribution >= 4 is 33.2 Å². The quantitative estimate of drug-likeness (QED) is 0.607. The summed E-state index contributed by atoms with van der Waals surface area (Å²) >= 11 is 6.11. The van der Waals surface area contributed by atoms with Crippen LogP contribution in [-0.4, -0.2) is 44.9 Å². The number of amides is 1. The van der Waals surface area contributed by atoms with Gasteiger partial charge in [-0.25, -0.2) is 12.8 Å². The average molecular weight is 468 g/mol. The summed E-state index contributed by atoms with van der Waals surface area (Å²) in [5, 5.41) is 3.00. The Kier molecular flexibility index (Phi) is 7.91. The van der Waals surface area contributed by atoms with Crippen LogP contribution in [0.1, 0.15) is 43.0 Å². The Bertz CT molecular complexity index is 1010. The highest BCUT2D eigenvalue weighted by Crippen LogP contribution is 2.25. The summed E-state index contributed by atoms with van der Waals surface area (Å²) in [5.74, 6) is -0.808. The van der Waals surface area contributed by atoms with E-state index in [2.05, 4.69) is 21.9 Å². The summed E-state index contributed by atoms with van der Waals surface area (Å²) in [6, 6.07) is 9.13. The lowest BCUT2D eigenvalue weighted by Gasteiger charge is -2.32. The van der Waals surface area contributed by atoms with Crippen molar-refractivity contribution in [2.24, 2.45) is 0 Å². The van der Waals surface area contributed by atoms with Gasteiger partial charge in [0, 0.05) is 30.4 Å². The number of nitrogens with zero attached hydrogens (tertiary/aromatic N) is 1. The topological polar surface area (TPSA) is 78.5 Å². The third-order valence-electron chi connectivity index (χ3n) is 5.33. The van der Waals surface area contributed by atoms with Crippen molar-refractivity contribution in [3.05, 3.63) is 58.9 Å². The zero-order valence-electron chi connectivity index (χ0n) is 17.4. The van der Waals surface area contributed by atoms with Gasteiger partial charge in [0.2, 0.25) is 0 Å². The van der Waals surface area contributed by atoms with Gasteiger partial charge in [-0.3, -0.25) is 9.52 Å². The molecule has 31 heavy (non-hydrogen) atoms. The number of halogens is 2. The zero-order valence-corrected chi connectivity index (χ0v) is 19.0. The van der Waals surface area contributed by atoms with Gasteiger partial charge >= 0.3 is 0 Å². The molecule has 0 aromatic heterocycles. The maximum absolute atomic E-state index is 13.1. The number of likely N-dealkylation sites (tertiary alicyclic amines) is 1. The fourth-order valence-corrected chi connectivity index (χ4v) is 5.12. The largest absolute Gasteiger partial charge is 0.349 e. The molecular weight excluding hydrogens is 441 g/mol. The molecule has 9 heteroatoms. The molecule has 1 saturated heterocycles. The Hall–Kier alpha value is -2.16. The number of sulfonamides is 1. The molecule has 0 atom stereocenters. The van der Waals surface area contributed by atoms with Crippen LogP contribution in [0.4, 0.5) is 10.1 Å². The lowest BCUT2D eigenvalue weighted by molar-refractivity contribution is 0.0910. The van der Waals surface area contributed by atoms with E-state index in [9.17, 15) is 17.6 Å². The van der Waals surface area contributed by atoms with Gasteiger partial charge in [0.15, 0.2) is 0 Å². The van der Waals surface area contributed by atoms with Crippen LogP contribution in [0.2, 0.25) is 5.02 Å². The molecule has 1 aliphatic heterocycles. The molecule has 0 aliphatic carbocycles. The van der Waals surface area contributed by atoms with Gasteiger partial charge in [-0.05, 0) is 68.3 Å². The fraction of sp³-hybridized carbons (Fsp3) is 0.409. The van der Waals surface area contributed by atoms with Gasteiger partial charge < -0.3 is 10.2 Å². The predicted octanol–water partition coefficient (Wildman–Crippen LogP) is 4.27. The van der Waals surface area contributed by atoms with E-state index in [4.69, 9.17) is 11.6 Å². The van der Waals surface area contributed by atoms with Crippen LogP contribution >= 0.6 is 11.6 Å². The monoisotopic (exact) mass is 467 g/mol. The van der Waals surface area contributed by atoms with E-state index in [1.54, 1.807) is 0 Å². The van der Waals surface area contributed by atoms with Crippen molar-refractivity contribution in [3.63, 3.8) is 0 Å². The van der Waals surface area contributed by atoms with Crippen LogP contribution in [-0.2, 0) is 10.0 Å². The normalized spacial score (nSPS) is 15.6. The average Bonchev–Trinajstić information content (AvgIpc) is 2.75. The number of benzene rings is 2. The second-order valence-corrected chi connectivity index (χ2v) is 9.76. The molecule has 2 N–H and O–H groups in total. The number of piperidine rings is 1. The van der Waals surface area contributed by atoms with Gasteiger partial charge in [-0.1, -0.05) is 24.9 Å². The Morgan fingerprint density at radius 1 is 1.16 bits per heavy atom. The molecule has 0 unspecified atom stereocenters. The standard InChI is InChI=1S/C22H27ClFN3O3S/c1-2-3-12-27-13-10-18(11-14-27)25-22(28)16-4-9-20(23)21(15-16)31(29,30)26-19-7-5-17(24)6-8-19/h4-9,15,18,26H,2-3,10-14H2,1H3,(H,25,28). The molecule has 0 radical (unpaired) electrons. The second kappa shape index (κ2) is 10.4. The van der Waals surface area contributed by atoms with Crippen LogP contribution in [0.5, 0.6) is 0 Å². The van der Waals surface area contributed by atoms with Crippen molar-refractivity contribution in [1.82, 2.24) is 10.2 Å². The first kappa shape index (κ1) is 23.5. The van der Waals surface area contributed by atoms with E-state index in [0.29, 0.717) is 0 Å². The number of carbonyl (C=O) groups excluding carboxylic acids is 1. The van der Waals surface area contributed by atoms with E-state index in [0.717, 1.165) is 51.0 Å². The Labute approximate surface area is 187 Å². The highest BCUT2D eigenvalue weighted by atomic mass is 35.5. The first-order valence-corrected chi connectivity index (χ1v) is 12.3. The van der Waals surface area contributed by atoms with E-state index < -0.39 is 15.8 Å². The number of rotatable bonds is 8. The highest BCUT2D eigenvalue weighted by Gasteiger charge is 2.23.